The number of rotatable bonds is 11. The third-order valence-electron chi connectivity index (χ3n) is 5.88. The molecule has 0 fully saturated rings. The lowest BCUT2D eigenvalue weighted by Crippen LogP contribution is -2.45. The number of ketones is 1. The number of pyridine rings is 1. The van der Waals surface area contributed by atoms with Gasteiger partial charge in [0.15, 0.2) is 5.78 Å². The van der Waals surface area contributed by atoms with Gasteiger partial charge in [-0.1, -0.05) is 50.2 Å². The Balaban J connectivity index is 1.82. The molecular weight excluding hydrogens is 476 g/mol. The number of nitrogens with zero attached hydrogens (tertiary/aromatic N) is 2. The predicted octanol–water partition coefficient (Wildman–Crippen LogP) is 2.94. The molecule has 0 radical (unpaired) electrons. The van der Waals surface area contributed by atoms with Crippen LogP contribution in [0.2, 0.25) is 0 Å². The summed E-state index contributed by atoms with van der Waals surface area (Å²) in [6, 6.07) is 12.3. The number of amides is 2. The summed E-state index contributed by atoms with van der Waals surface area (Å²) in [5, 5.41) is 26.4. The maximum atomic E-state index is 13.4. The van der Waals surface area contributed by atoms with Gasteiger partial charge in [0, 0.05) is 11.8 Å². The molecule has 0 saturated carbocycles. The molecular formula is C27H32N4O6. The van der Waals surface area contributed by atoms with Gasteiger partial charge in [0.25, 0.3) is 5.91 Å². The highest BCUT2D eigenvalue weighted by atomic mass is 16.7. The Labute approximate surface area is 215 Å². The molecule has 4 N–H and O–H groups in total. The lowest BCUT2D eigenvalue weighted by Gasteiger charge is -2.24. The van der Waals surface area contributed by atoms with Gasteiger partial charge in [0.2, 0.25) is 17.7 Å². The zero-order valence-electron chi connectivity index (χ0n) is 21.3. The molecule has 10 heteroatoms. The van der Waals surface area contributed by atoms with E-state index in [0.717, 1.165) is 4.73 Å². The molecule has 0 bridgehead atoms. The minimum Gasteiger partial charge on any atom is -0.492 e. The Morgan fingerprint density at radius 2 is 1.68 bits per heavy atom. The van der Waals surface area contributed by atoms with Crippen LogP contribution in [0.25, 0.3) is 0 Å². The quantitative estimate of drug-likeness (QED) is 0.292. The van der Waals surface area contributed by atoms with Crippen LogP contribution < -0.4 is 15.5 Å². The van der Waals surface area contributed by atoms with Crippen LogP contribution in [0, 0.1) is 12.8 Å². The average molecular weight is 509 g/mol. The first-order valence-electron chi connectivity index (χ1n) is 12.0. The molecule has 37 heavy (non-hydrogen) atoms. The highest BCUT2D eigenvalue weighted by molar-refractivity contribution is 6.05. The van der Waals surface area contributed by atoms with Crippen LogP contribution in [0.1, 0.15) is 65.2 Å². The van der Waals surface area contributed by atoms with Gasteiger partial charge in [-0.2, -0.15) is 0 Å². The molecule has 2 aromatic heterocycles. The average Bonchev–Trinajstić information content (AvgIpc) is 3.10. The lowest BCUT2D eigenvalue weighted by atomic mass is 9.93. The first-order valence-corrected chi connectivity index (χ1v) is 12.0. The number of hydrogen-bond acceptors (Lipinski definition) is 7. The van der Waals surface area contributed by atoms with Crippen molar-refractivity contribution in [3.63, 3.8) is 0 Å². The van der Waals surface area contributed by atoms with E-state index < -0.39 is 41.4 Å². The molecule has 196 valence electrons. The SMILES string of the molecule is CCOn1c(O)c(C)c(C(=O)[C@@H](NC(=O)C[C@H](NC(=O)c2ccccn2)c2ccccc2)C(C)C)c1O. The number of Topliss-reactive ketones (excluding diaryl/α,β-unsaturated/α-hetero) is 1. The Kier molecular flexibility index (Phi) is 8.89. The van der Waals surface area contributed by atoms with Gasteiger partial charge < -0.3 is 25.7 Å². The monoisotopic (exact) mass is 508 g/mol. The Morgan fingerprint density at radius 1 is 1.00 bits per heavy atom. The zero-order valence-corrected chi connectivity index (χ0v) is 21.3. The number of nitrogens with one attached hydrogen (secondary N) is 2. The summed E-state index contributed by atoms with van der Waals surface area (Å²) in [4.78, 5) is 48.6. The Morgan fingerprint density at radius 3 is 2.27 bits per heavy atom. The van der Waals surface area contributed by atoms with Crippen molar-refractivity contribution in [2.24, 2.45) is 5.92 Å². The molecule has 0 unspecified atom stereocenters. The van der Waals surface area contributed by atoms with Crippen LogP contribution in [0.3, 0.4) is 0 Å². The van der Waals surface area contributed by atoms with Gasteiger partial charge in [-0.25, -0.2) is 0 Å². The molecule has 0 aliphatic carbocycles. The molecule has 10 nitrogen and oxygen atoms in total. The van der Waals surface area contributed by atoms with E-state index in [4.69, 9.17) is 4.84 Å². The number of carbonyl (C=O) groups excluding carboxylic acids is 3. The van der Waals surface area contributed by atoms with Gasteiger partial charge in [-0.15, -0.1) is 4.73 Å². The summed E-state index contributed by atoms with van der Waals surface area (Å²) in [5.41, 5.74) is 0.929. The molecule has 0 spiro atoms. The number of carbonyl (C=O) groups is 3. The zero-order chi connectivity index (χ0) is 27.1. The van der Waals surface area contributed by atoms with E-state index in [0.29, 0.717) is 5.56 Å². The fourth-order valence-corrected chi connectivity index (χ4v) is 3.96. The lowest BCUT2D eigenvalue weighted by molar-refractivity contribution is -0.122. The van der Waals surface area contributed by atoms with Crippen molar-refractivity contribution < 1.29 is 29.4 Å². The standard InChI is InChI=1S/C27H32N4O6/c1-5-37-31-26(35)17(4)22(27(31)36)24(33)23(16(2)3)30-21(32)15-20(18-11-7-6-8-12-18)29-25(34)19-13-9-10-14-28-19/h6-14,16,20,23,35-36H,5,15H2,1-4H3,(H,29,34)(H,30,32)/t20-,23-/m0/s1. The third kappa shape index (κ3) is 6.27. The van der Waals surface area contributed by atoms with E-state index in [-0.39, 0.29) is 35.8 Å². The van der Waals surface area contributed by atoms with Crippen molar-refractivity contribution in [3.05, 3.63) is 77.1 Å². The summed E-state index contributed by atoms with van der Waals surface area (Å²) in [5.74, 6) is -2.75. The van der Waals surface area contributed by atoms with Gasteiger partial charge in [0.05, 0.1) is 24.1 Å². The minimum absolute atomic E-state index is 0.131. The fourth-order valence-electron chi connectivity index (χ4n) is 3.96. The van der Waals surface area contributed by atoms with Gasteiger partial charge in [0.1, 0.15) is 12.3 Å². The number of hydrogen-bond donors (Lipinski definition) is 4. The number of benzene rings is 1. The van der Waals surface area contributed by atoms with Crippen LogP contribution in [0.4, 0.5) is 0 Å². The van der Waals surface area contributed by atoms with Crippen molar-refractivity contribution in [1.82, 2.24) is 20.3 Å². The highest BCUT2D eigenvalue weighted by Crippen LogP contribution is 2.33. The van der Waals surface area contributed by atoms with E-state index >= 15 is 0 Å². The summed E-state index contributed by atoms with van der Waals surface area (Å²) in [6.45, 7) is 6.81. The molecule has 1 aromatic carbocycles. The summed E-state index contributed by atoms with van der Waals surface area (Å²) in [7, 11) is 0. The maximum absolute atomic E-state index is 13.4. The molecule has 0 saturated heterocycles. The maximum Gasteiger partial charge on any atom is 0.270 e. The fraction of sp³-hybridized carbons (Fsp3) is 0.333. The van der Waals surface area contributed by atoms with E-state index in [1.807, 2.05) is 6.07 Å². The smallest absolute Gasteiger partial charge is 0.270 e. The van der Waals surface area contributed by atoms with Crippen molar-refractivity contribution in [2.75, 3.05) is 6.61 Å². The van der Waals surface area contributed by atoms with E-state index in [2.05, 4.69) is 15.6 Å². The number of aromatic hydroxyl groups is 2. The van der Waals surface area contributed by atoms with E-state index in [1.54, 1.807) is 63.2 Å². The first-order chi connectivity index (χ1) is 17.6. The molecule has 2 heterocycles. The van der Waals surface area contributed by atoms with Crippen LogP contribution in [0.15, 0.2) is 54.7 Å². The van der Waals surface area contributed by atoms with Crippen molar-refractivity contribution >= 4 is 17.6 Å². The largest absolute Gasteiger partial charge is 0.492 e. The topological polar surface area (TPSA) is 143 Å². The molecule has 3 rings (SSSR count). The van der Waals surface area contributed by atoms with Gasteiger partial charge in [-0.05, 0) is 37.5 Å². The molecule has 2 amide bonds. The molecule has 2 atom stereocenters. The van der Waals surface area contributed by atoms with Crippen LogP contribution in [-0.2, 0) is 4.79 Å². The summed E-state index contributed by atoms with van der Waals surface area (Å²) < 4.78 is 0.792. The minimum atomic E-state index is -1.00. The first kappa shape index (κ1) is 27.3. The van der Waals surface area contributed by atoms with Gasteiger partial charge in [-0.3, -0.25) is 19.4 Å². The molecule has 3 aromatic rings. The van der Waals surface area contributed by atoms with Crippen LogP contribution in [-0.4, -0.2) is 50.2 Å². The van der Waals surface area contributed by atoms with Crippen LogP contribution >= 0.6 is 0 Å². The van der Waals surface area contributed by atoms with Crippen LogP contribution in [0.5, 0.6) is 11.8 Å². The summed E-state index contributed by atoms with van der Waals surface area (Å²) >= 11 is 0. The van der Waals surface area contributed by atoms with Gasteiger partial charge >= 0.3 is 0 Å². The second-order valence-corrected chi connectivity index (χ2v) is 8.87. The second kappa shape index (κ2) is 12.1. The normalized spacial score (nSPS) is 12.6. The Hall–Kier alpha value is -4.34. The van der Waals surface area contributed by atoms with E-state index in [1.165, 1.54) is 13.1 Å². The second-order valence-electron chi connectivity index (χ2n) is 8.87. The van der Waals surface area contributed by atoms with Crippen molar-refractivity contribution in [3.8, 4) is 11.8 Å². The van der Waals surface area contributed by atoms with Crippen molar-refractivity contribution in [2.45, 2.75) is 46.2 Å². The van der Waals surface area contributed by atoms with E-state index in [9.17, 15) is 24.6 Å². The number of aromatic nitrogens is 2. The summed E-state index contributed by atoms with van der Waals surface area (Å²) in [6.07, 6.45) is 1.36. The molecule has 0 aliphatic heterocycles. The Bertz CT molecular complexity index is 1240. The van der Waals surface area contributed by atoms with Crippen molar-refractivity contribution in [1.29, 1.82) is 0 Å². The highest BCUT2D eigenvalue weighted by Gasteiger charge is 2.34. The molecule has 0 aliphatic rings. The third-order valence-corrected chi connectivity index (χ3v) is 5.88. The predicted molar refractivity (Wildman–Crippen MR) is 136 cm³/mol.